The zero-order valence-electron chi connectivity index (χ0n) is 20.1. The Balaban J connectivity index is 1.35. The van der Waals surface area contributed by atoms with Crippen LogP contribution in [0.3, 0.4) is 0 Å². The molecule has 6 heterocycles. The lowest BCUT2D eigenvalue weighted by atomic mass is 9.96. The van der Waals surface area contributed by atoms with Gasteiger partial charge in [-0.25, -0.2) is 13.9 Å². The van der Waals surface area contributed by atoms with E-state index in [2.05, 4.69) is 20.8 Å². The molecular weight excluding hydrogens is 493 g/mol. The molecule has 1 unspecified atom stereocenters. The normalized spacial score (nSPS) is 20.9. The summed E-state index contributed by atoms with van der Waals surface area (Å²) in [5.74, 6) is -0.595. The lowest BCUT2D eigenvalue weighted by Crippen LogP contribution is -2.48. The molecule has 2 bridgehead atoms. The lowest BCUT2D eigenvalue weighted by molar-refractivity contribution is -0.139. The van der Waals surface area contributed by atoms with E-state index < -0.39 is 12.4 Å². The summed E-state index contributed by atoms with van der Waals surface area (Å²) in [7, 11) is 0. The second kappa shape index (κ2) is 9.28. The van der Waals surface area contributed by atoms with E-state index in [0.29, 0.717) is 16.1 Å². The van der Waals surface area contributed by atoms with Gasteiger partial charge in [0.15, 0.2) is 0 Å². The Labute approximate surface area is 216 Å². The number of aromatic nitrogens is 5. The number of amides is 1. The summed E-state index contributed by atoms with van der Waals surface area (Å²) < 4.78 is 17.1. The van der Waals surface area contributed by atoms with Gasteiger partial charge in [0.2, 0.25) is 5.91 Å². The number of halogens is 1. The topological polar surface area (TPSA) is 112 Å². The third-order valence-electron chi connectivity index (χ3n) is 7.45. The van der Waals surface area contributed by atoms with Crippen LogP contribution in [0.2, 0.25) is 0 Å². The Morgan fingerprint density at radius 2 is 1.97 bits per heavy atom. The van der Waals surface area contributed by atoms with Crippen LogP contribution >= 0.6 is 11.8 Å². The largest absolute Gasteiger partial charge is 0.387 e. The summed E-state index contributed by atoms with van der Waals surface area (Å²) in [5, 5.41) is 28.7. The maximum Gasteiger partial charge on any atom is 0.248 e. The quantitative estimate of drug-likeness (QED) is 0.429. The van der Waals surface area contributed by atoms with Gasteiger partial charge in [0.25, 0.3) is 0 Å². The van der Waals surface area contributed by atoms with Crippen LogP contribution in [-0.4, -0.2) is 59.0 Å². The maximum absolute atomic E-state index is 13.4. The number of nitriles is 1. The SMILES string of the molecule is Cc1c(-c2cc(Sc3ccc(F)cn3)c3c(C#N)cnn3c2)cnn1[C@@H]1CC2CC[C@H](C1)N2C(=O)CO. The number of carbonyl (C=O) groups excluding carboxylic acids is 1. The van der Waals surface area contributed by atoms with Gasteiger partial charge in [-0.2, -0.15) is 15.5 Å². The first-order chi connectivity index (χ1) is 18.0. The fourth-order valence-electron chi connectivity index (χ4n) is 5.84. The minimum atomic E-state index is -0.445. The molecule has 2 aliphatic rings. The predicted octanol–water partition coefficient (Wildman–Crippen LogP) is 3.75. The fraction of sp³-hybridized carbons (Fsp3) is 0.346. The van der Waals surface area contributed by atoms with Crippen LogP contribution in [0.15, 0.2) is 52.9 Å². The monoisotopic (exact) mass is 517 g/mol. The highest BCUT2D eigenvalue weighted by atomic mass is 32.2. The van der Waals surface area contributed by atoms with Crippen LogP contribution in [0.4, 0.5) is 4.39 Å². The number of rotatable bonds is 5. The number of fused-ring (bicyclic) bond motifs is 3. The van der Waals surface area contributed by atoms with Crippen LogP contribution in [0.5, 0.6) is 0 Å². The number of aliphatic hydroxyl groups is 1. The third-order valence-corrected chi connectivity index (χ3v) is 8.43. The summed E-state index contributed by atoms with van der Waals surface area (Å²) in [6, 6.07) is 7.59. The van der Waals surface area contributed by atoms with E-state index in [4.69, 9.17) is 5.10 Å². The number of nitrogens with zero attached hydrogens (tertiary/aromatic N) is 7. The minimum Gasteiger partial charge on any atom is -0.387 e. The van der Waals surface area contributed by atoms with Crippen LogP contribution in [0.25, 0.3) is 16.6 Å². The molecule has 4 aromatic heterocycles. The Morgan fingerprint density at radius 1 is 1.19 bits per heavy atom. The molecule has 0 aromatic carbocycles. The van der Waals surface area contributed by atoms with Crippen molar-refractivity contribution in [3.63, 3.8) is 0 Å². The number of aliphatic hydroxyl groups excluding tert-OH is 1. The minimum absolute atomic E-state index is 0.131. The van der Waals surface area contributed by atoms with Crippen molar-refractivity contribution >= 4 is 23.2 Å². The maximum atomic E-state index is 13.4. The van der Waals surface area contributed by atoms with Crippen LogP contribution in [-0.2, 0) is 4.79 Å². The van der Waals surface area contributed by atoms with Crippen LogP contribution in [0.1, 0.15) is 43.0 Å². The summed E-state index contributed by atoms with van der Waals surface area (Å²) in [5.41, 5.74) is 3.97. The first-order valence-corrected chi connectivity index (χ1v) is 13.0. The van der Waals surface area contributed by atoms with Gasteiger partial charge in [0, 0.05) is 40.0 Å². The lowest BCUT2D eigenvalue weighted by Gasteiger charge is -2.39. The van der Waals surface area contributed by atoms with E-state index in [0.717, 1.165) is 47.4 Å². The van der Waals surface area contributed by atoms with Gasteiger partial charge >= 0.3 is 0 Å². The first-order valence-electron chi connectivity index (χ1n) is 12.1. The van der Waals surface area contributed by atoms with Crippen molar-refractivity contribution in [1.82, 2.24) is 29.3 Å². The fourth-order valence-corrected chi connectivity index (χ4v) is 6.79. The highest BCUT2D eigenvalue weighted by Crippen LogP contribution is 2.42. The van der Waals surface area contributed by atoms with Crippen molar-refractivity contribution in [2.24, 2.45) is 0 Å². The van der Waals surface area contributed by atoms with Gasteiger partial charge in [-0.3, -0.25) is 9.48 Å². The second-order valence-electron chi connectivity index (χ2n) is 9.53. The van der Waals surface area contributed by atoms with Crippen molar-refractivity contribution in [2.75, 3.05) is 6.61 Å². The van der Waals surface area contributed by atoms with E-state index >= 15 is 0 Å². The first kappa shape index (κ1) is 23.6. The smallest absolute Gasteiger partial charge is 0.248 e. The Hall–Kier alpha value is -3.75. The third kappa shape index (κ3) is 4.06. The van der Waals surface area contributed by atoms with Crippen molar-refractivity contribution < 1.29 is 14.3 Å². The zero-order chi connectivity index (χ0) is 25.7. The number of pyridine rings is 2. The van der Waals surface area contributed by atoms with Crippen LogP contribution in [0, 0.1) is 24.1 Å². The second-order valence-corrected chi connectivity index (χ2v) is 10.6. The number of hydrogen-bond acceptors (Lipinski definition) is 7. The van der Waals surface area contributed by atoms with E-state index in [1.807, 2.05) is 30.3 Å². The Bertz CT molecular complexity index is 1530. The predicted molar refractivity (Wildman–Crippen MR) is 133 cm³/mol. The number of piperidine rings is 1. The molecule has 188 valence electrons. The summed E-state index contributed by atoms with van der Waals surface area (Å²) >= 11 is 1.35. The molecule has 9 nitrogen and oxygen atoms in total. The Kier molecular flexibility index (Phi) is 5.93. The molecule has 0 radical (unpaired) electrons. The molecule has 0 saturated carbocycles. The molecular formula is C26H24FN7O2S. The molecule has 37 heavy (non-hydrogen) atoms. The highest BCUT2D eigenvalue weighted by molar-refractivity contribution is 7.99. The summed E-state index contributed by atoms with van der Waals surface area (Å²) in [4.78, 5) is 19.1. The molecule has 1 amide bonds. The highest BCUT2D eigenvalue weighted by Gasteiger charge is 2.44. The van der Waals surface area contributed by atoms with Crippen molar-refractivity contribution in [3.8, 4) is 17.2 Å². The Morgan fingerprint density at radius 3 is 2.65 bits per heavy atom. The number of hydrogen-bond donors (Lipinski definition) is 1. The molecule has 2 fully saturated rings. The van der Waals surface area contributed by atoms with Gasteiger partial charge in [-0.15, -0.1) is 0 Å². The average molecular weight is 518 g/mol. The molecule has 2 aliphatic heterocycles. The van der Waals surface area contributed by atoms with Gasteiger partial charge in [-0.05, 0) is 50.8 Å². The van der Waals surface area contributed by atoms with Gasteiger partial charge in [0.05, 0.1) is 35.7 Å². The van der Waals surface area contributed by atoms with Crippen molar-refractivity contribution in [3.05, 3.63) is 60.1 Å². The molecule has 1 N–H and O–H groups in total. The average Bonchev–Trinajstić information content (AvgIpc) is 3.58. The summed E-state index contributed by atoms with van der Waals surface area (Å²) in [6.45, 7) is 1.59. The molecule has 0 spiro atoms. The molecule has 0 aliphatic carbocycles. The molecule has 4 aromatic rings. The van der Waals surface area contributed by atoms with E-state index in [9.17, 15) is 19.6 Å². The molecule has 6 rings (SSSR count). The van der Waals surface area contributed by atoms with Gasteiger partial charge in [-0.1, -0.05) is 11.8 Å². The van der Waals surface area contributed by atoms with E-state index in [1.165, 1.54) is 30.2 Å². The van der Waals surface area contributed by atoms with Gasteiger partial charge in [0.1, 0.15) is 23.5 Å². The summed E-state index contributed by atoms with van der Waals surface area (Å²) in [6.07, 6.45) is 9.98. The molecule has 2 saturated heterocycles. The zero-order valence-corrected chi connectivity index (χ0v) is 20.9. The van der Waals surface area contributed by atoms with Crippen LogP contribution < -0.4 is 0 Å². The molecule has 11 heteroatoms. The number of carbonyl (C=O) groups is 1. The molecule has 3 atom stereocenters. The van der Waals surface area contributed by atoms with Crippen molar-refractivity contribution in [2.45, 2.75) is 60.7 Å². The van der Waals surface area contributed by atoms with E-state index in [1.54, 1.807) is 10.6 Å². The van der Waals surface area contributed by atoms with Crippen molar-refractivity contribution in [1.29, 1.82) is 5.26 Å². The van der Waals surface area contributed by atoms with Gasteiger partial charge < -0.3 is 10.0 Å². The standard InChI is InChI=1S/C26H24FN7O2S/c1-15-22(12-31-34(15)21-7-19-3-4-20(8-21)33(19)25(36)14-35)16-6-23(37-24-5-2-18(27)11-29-24)26-17(9-28)10-30-32(26)13-16/h2,5-6,10-13,19-21,35H,3-4,7-8,14H2,1H3/t19-,20?,21+/m1/s1. The van der Waals surface area contributed by atoms with E-state index in [-0.39, 0.29) is 24.0 Å².